The summed E-state index contributed by atoms with van der Waals surface area (Å²) in [5.41, 5.74) is 0. The van der Waals surface area contributed by atoms with Crippen LogP contribution in [0.15, 0.2) is 0 Å². The highest BCUT2D eigenvalue weighted by molar-refractivity contribution is 4.67. The minimum absolute atomic E-state index is 0.463. The molecule has 0 bridgehead atoms. The van der Waals surface area contributed by atoms with E-state index in [-0.39, 0.29) is 0 Å². The quantitative estimate of drug-likeness (QED) is 0.517. The highest BCUT2D eigenvalue weighted by Crippen LogP contribution is 1.94. The fourth-order valence-electron chi connectivity index (χ4n) is 0.983. The zero-order valence-corrected chi connectivity index (χ0v) is 9.07. The molecule has 4 heteroatoms. The van der Waals surface area contributed by atoms with Gasteiger partial charge in [-0.2, -0.15) is 10.5 Å². The molecule has 0 radical (unpaired) electrons. The minimum Gasteiger partial charge on any atom is -0.381 e. The van der Waals surface area contributed by atoms with Crippen LogP contribution in [0.2, 0.25) is 0 Å². The minimum atomic E-state index is 0.463. The molecule has 0 aliphatic heterocycles. The van der Waals surface area contributed by atoms with Gasteiger partial charge in [0.1, 0.15) is 0 Å². The Balaban J connectivity index is 2.88. The van der Waals surface area contributed by atoms with Gasteiger partial charge in [-0.25, -0.2) is 0 Å². The third-order valence-corrected chi connectivity index (χ3v) is 1.76. The van der Waals surface area contributed by atoms with E-state index < -0.39 is 0 Å². The molecular weight excluding hydrogens is 192 g/mol. The zero-order chi connectivity index (χ0) is 11.2. The molecule has 0 fully saturated rings. The van der Waals surface area contributed by atoms with Crippen LogP contribution in [0, 0.1) is 22.7 Å². The molecule has 4 nitrogen and oxygen atoms in total. The SMILES string of the molecule is N#CCCCOCCCCOCCC#N. The Hall–Kier alpha value is -1.10. The van der Waals surface area contributed by atoms with Gasteiger partial charge in [0.25, 0.3) is 0 Å². The number of nitriles is 2. The van der Waals surface area contributed by atoms with E-state index in [2.05, 4.69) is 6.07 Å². The van der Waals surface area contributed by atoms with E-state index in [4.69, 9.17) is 20.0 Å². The first kappa shape index (κ1) is 13.9. The van der Waals surface area contributed by atoms with Gasteiger partial charge in [0.2, 0.25) is 0 Å². The number of rotatable bonds is 10. The molecule has 84 valence electrons. The second-order valence-corrected chi connectivity index (χ2v) is 3.10. The van der Waals surface area contributed by atoms with Gasteiger partial charge in [-0.3, -0.25) is 0 Å². The van der Waals surface area contributed by atoms with Crippen molar-refractivity contribution in [3.63, 3.8) is 0 Å². The zero-order valence-electron chi connectivity index (χ0n) is 9.07. The van der Waals surface area contributed by atoms with E-state index >= 15 is 0 Å². The molecule has 0 N–H and O–H groups in total. The number of nitrogens with zero attached hydrogens (tertiary/aromatic N) is 2. The summed E-state index contributed by atoms with van der Waals surface area (Å²) in [6.07, 6.45) is 3.78. The molecule has 0 aromatic heterocycles. The highest BCUT2D eigenvalue weighted by Gasteiger charge is 1.91. The van der Waals surface area contributed by atoms with Crippen LogP contribution in [0.4, 0.5) is 0 Å². The topological polar surface area (TPSA) is 66.0 Å². The van der Waals surface area contributed by atoms with Crippen molar-refractivity contribution >= 4 is 0 Å². The van der Waals surface area contributed by atoms with Crippen LogP contribution in [-0.2, 0) is 9.47 Å². The van der Waals surface area contributed by atoms with Crippen molar-refractivity contribution < 1.29 is 9.47 Å². The van der Waals surface area contributed by atoms with Gasteiger partial charge in [0.05, 0.1) is 25.2 Å². The van der Waals surface area contributed by atoms with E-state index in [0.717, 1.165) is 25.9 Å². The van der Waals surface area contributed by atoms with Gasteiger partial charge in [0.15, 0.2) is 0 Å². The van der Waals surface area contributed by atoms with Crippen LogP contribution in [0.5, 0.6) is 0 Å². The maximum absolute atomic E-state index is 8.26. The maximum Gasteiger partial charge on any atom is 0.0645 e. The van der Waals surface area contributed by atoms with Crippen LogP contribution < -0.4 is 0 Å². The van der Waals surface area contributed by atoms with Gasteiger partial charge in [-0.1, -0.05) is 0 Å². The van der Waals surface area contributed by atoms with E-state index in [1.807, 2.05) is 6.07 Å². The highest BCUT2D eigenvalue weighted by atomic mass is 16.5. The molecule has 0 amide bonds. The van der Waals surface area contributed by atoms with Crippen molar-refractivity contribution in [3.05, 3.63) is 0 Å². The summed E-state index contributed by atoms with van der Waals surface area (Å²) in [5.74, 6) is 0. The van der Waals surface area contributed by atoms with Crippen molar-refractivity contribution in [1.29, 1.82) is 10.5 Å². The van der Waals surface area contributed by atoms with E-state index in [1.54, 1.807) is 0 Å². The summed E-state index contributed by atoms with van der Waals surface area (Å²) in [6, 6.07) is 4.09. The molecule has 0 aliphatic rings. The van der Waals surface area contributed by atoms with Gasteiger partial charge < -0.3 is 9.47 Å². The molecule has 0 spiro atoms. The van der Waals surface area contributed by atoms with Crippen molar-refractivity contribution in [3.8, 4) is 12.1 Å². The molecule has 0 aromatic rings. The van der Waals surface area contributed by atoms with Crippen LogP contribution in [0.3, 0.4) is 0 Å². The molecule has 0 heterocycles. The van der Waals surface area contributed by atoms with Crippen LogP contribution in [-0.4, -0.2) is 26.4 Å². The largest absolute Gasteiger partial charge is 0.381 e. The van der Waals surface area contributed by atoms with Gasteiger partial charge in [-0.15, -0.1) is 0 Å². The van der Waals surface area contributed by atoms with Crippen LogP contribution >= 0.6 is 0 Å². The van der Waals surface area contributed by atoms with E-state index in [1.165, 1.54) is 0 Å². The predicted molar refractivity (Wildman–Crippen MR) is 55.9 cm³/mol. The first-order valence-electron chi connectivity index (χ1n) is 5.31. The molecule has 0 aliphatic carbocycles. The van der Waals surface area contributed by atoms with Crippen molar-refractivity contribution in [2.75, 3.05) is 26.4 Å². The molecule has 15 heavy (non-hydrogen) atoms. The third-order valence-electron chi connectivity index (χ3n) is 1.76. The Bertz CT molecular complexity index is 184. The average Bonchev–Trinajstić information content (AvgIpc) is 2.26. The fourth-order valence-corrected chi connectivity index (χ4v) is 0.983. The Labute approximate surface area is 91.4 Å². The summed E-state index contributed by atoms with van der Waals surface area (Å²) < 4.78 is 10.5. The van der Waals surface area contributed by atoms with E-state index in [0.29, 0.717) is 32.7 Å². The van der Waals surface area contributed by atoms with Crippen molar-refractivity contribution in [2.24, 2.45) is 0 Å². The first-order valence-corrected chi connectivity index (χ1v) is 5.31. The van der Waals surface area contributed by atoms with Gasteiger partial charge >= 0.3 is 0 Å². The summed E-state index contributed by atoms with van der Waals surface area (Å²) in [5, 5.41) is 16.5. The summed E-state index contributed by atoms with van der Waals surface area (Å²) in [7, 11) is 0. The second-order valence-electron chi connectivity index (χ2n) is 3.10. The summed E-state index contributed by atoms with van der Waals surface area (Å²) in [4.78, 5) is 0. The second kappa shape index (κ2) is 12.9. The average molecular weight is 210 g/mol. The smallest absolute Gasteiger partial charge is 0.0645 e. The third kappa shape index (κ3) is 12.9. The first-order chi connectivity index (χ1) is 7.41. The molecule has 0 atom stereocenters. The summed E-state index contributed by atoms with van der Waals surface area (Å²) in [6.45, 7) is 2.62. The number of unbranched alkanes of at least 4 members (excludes halogenated alkanes) is 2. The van der Waals surface area contributed by atoms with Crippen molar-refractivity contribution in [1.82, 2.24) is 0 Å². The molecule has 0 saturated carbocycles. The van der Waals surface area contributed by atoms with Crippen LogP contribution in [0.25, 0.3) is 0 Å². The lowest BCUT2D eigenvalue weighted by Gasteiger charge is -2.03. The molecule has 0 aromatic carbocycles. The van der Waals surface area contributed by atoms with Crippen molar-refractivity contribution in [2.45, 2.75) is 32.1 Å². The lowest BCUT2D eigenvalue weighted by atomic mass is 10.3. The number of ether oxygens (including phenoxy) is 2. The number of hydrogen-bond acceptors (Lipinski definition) is 4. The monoisotopic (exact) mass is 210 g/mol. The maximum atomic E-state index is 8.26. The molecule has 0 saturated heterocycles. The van der Waals surface area contributed by atoms with Crippen LogP contribution in [0.1, 0.15) is 32.1 Å². The predicted octanol–water partition coefficient (Wildman–Crippen LogP) is 2.02. The standard InChI is InChI=1S/C11H18N2O2/c12-6-1-2-8-14-9-3-4-10-15-11-5-7-13/h1-5,8-11H2. The Morgan fingerprint density at radius 2 is 1.20 bits per heavy atom. The molecule has 0 unspecified atom stereocenters. The fraction of sp³-hybridized carbons (Fsp3) is 0.818. The Kier molecular flexibility index (Phi) is 12.0. The van der Waals surface area contributed by atoms with E-state index in [9.17, 15) is 0 Å². The molecular formula is C11H18N2O2. The normalized spacial score (nSPS) is 9.47. The van der Waals surface area contributed by atoms with Gasteiger partial charge in [-0.05, 0) is 19.3 Å². The lowest BCUT2D eigenvalue weighted by Crippen LogP contribution is -2.00. The summed E-state index contributed by atoms with van der Waals surface area (Å²) >= 11 is 0. The number of hydrogen-bond donors (Lipinski definition) is 0. The lowest BCUT2D eigenvalue weighted by molar-refractivity contribution is 0.104. The Morgan fingerprint density at radius 1 is 0.667 bits per heavy atom. The van der Waals surface area contributed by atoms with Gasteiger partial charge in [0, 0.05) is 26.2 Å². The Morgan fingerprint density at radius 3 is 1.80 bits per heavy atom. The molecule has 0 rings (SSSR count).